The monoisotopic (exact) mass is 226 g/mol. The Bertz CT molecular complexity index is 397. The van der Waals surface area contributed by atoms with Crippen LogP contribution in [0.1, 0.15) is 12.5 Å². The maximum absolute atomic E-state index is 11.3. The van der Waals surface area contributed by atoms with Gasteiger partial charge in [-0.15, -0.1) is 0 Å². The van der Waals surface area contributed by atoms with Gasteiger partial charge in [-0.05, 0) is 24.6 Å². The van der Waals surface area contributed by atoms with Crippen molar-refractivity contribution in [2.45, 2.75) is 12.5 Å². The summed E-state index contributed by atoms with van der Waals surface area (Å²) in [7, 11) is 2.57. The highest BCUT2D eigenvalue weighted by molar-refractivity contribution is 5.80. The Hall–Kier alpha value is -1.75. The molecule has 1 unspecified atom stereocenters. The van der Waals surface area contributed by atoms with Crippen molar-refractivity contribution >= 4 is 5.97 Å². The Kier molecular flexibility index (Phi) is 3.39. The number of aliphatic hydroxyl groups is 1. The Morgan fingerprint density at radius 2 is 2.00 bits per heavy atom. The molecule has 0 amide bonds. The molecule has 0 aromatic heterocycles. The van der Waals surface area contributed by atoms with E-state index in [1.165, 1.54) is 39.3 Å². The Morgan fingerprint density at radius 1 is 1.38 bits per heavy atom. The molecule has 1 aromatic rings. The Labute approximate surface area is 93.2 Å². The molecule has 0 saturated heterocycles. The largest absolute Gasteiger partial charge is 0.504 e. The van der Waals surface area contributed by atoms with Crippen LogP contribution in [-0.2, 0) is 15.1 Å². The van der Waals surface area contributed by atoms with E-state index in [1.54, 1.807) is 0 Å². The van der Waals surface area contributed by atoms with Gasteiger partial charge in [0.15, 0.2) is 17.1 Å². The lowest BCUT2D eigenvalue weighted by Crippen LogP contribution is -2.33. The number of carbonyl (C=O) groups is 1. The van der Waals surface area contributed by atoms with E-state index in [2.05, 4.69) is 4.74 Å². The van der Waals surface area contributed by atoms with Crippen LogP contribution in [0.3, 0.4) is 0 Å². The highest BCUT2D eigenvalue weighted by Crippen LogP contribution is 2.31. The van der Waals surface area contributed by atoms with Crippen molar-refractivity contribution in [1.82, 2.24) is 0 Å². The van der Waals surface area contributed by atoms with Crippen molar-refractivity contribution in [2.24, 2.45) is 0 Å². The van der Waals surface area contributed by atoms with Crippen LogP contribution < -0.4 is 4.74 Å². The summed E-state index contributed by atoms with van der Waals surface area (Å²) in [6, 6.07) is 4.15. The van der Waals surface area contributed by atoms with Gasteiger partial charge in [0, 0.05) is 0 Å². The minimum atomic E-state index is -1.77. The van der Waals surface area contributed by atoms with E-state index in [4.69, 9.17) is 4.74 Å². The molecular formula is C11H14O5. The van der Waals surface area contributed by atoms with Crippen molar-refractivity contribution in [2.75, 3.05) is 14.2 Å². The van der Waals surface area contributed by atoms with Crippen LogP contribution in [0.25, 0.3) is 0 Å². The number of benzene rings is 1. The van der Waals surface area contributed by atoms with E-state index in [1.807, 2.05) is 0 Å². The molecule has 0 heterocycles. The first-order valence-electron chi connectivity index (χ1n) is 4.61. The summed E-state index contributed by atoms with van der Waals surface area (Å²) in [4.78, 5) is 11.3. The zero-order valence-electron chi connectivity index (χ0n) is 9.35. The third kappa shape index (κ3) is 2.09. The SMILES string of the molecule is COC(=O)C(C)(O)c1ccc(O)c(OC)c1. The average molecular weight is 226 g/mol. The van der Waals surface area contributed by atoms with Crippen molar-refractivity contribution in [1.29, 1.82) is 0 Å². The molecule has 5 nitrogen and oxygen atoms in total. The lowest BCUT2D eigenvalue weighted by atomic mass is 9.96. The van der Waals surface area contributed by atoms with Crippen molar-refractivity contribution in [3.63, 3.8) is 0 Å². The van der Waals surface area contributed by atoms with Crippen LogP contribution in [0.15, 0.2) is 18.2 Å². The maximum Gasteiger partial charge on any atom is 0.342 e. The molecule has 0 spiro atoms. The van der Waals surface area contributed by atoms with Crippen LogP contribution in [0, 0.1) is 0 Å². The summed E-state index contributed by atoms with van der Waals surface area (Å²) < 4.78 is 9.36. The van der Waals surface area contributed by atoms with Gasteiger partial charge in [-0.3, -0.25) is 0 Å². The zero-order chi connectivity index (χ0) is 12.3. The number of carbonyl (C=O) groups excluding carboxylic acids is 1. The number of methoxy groups -OCH3 is 2. The molecule has 0 bridgehead atoms. The van der Waals surface area contributed by atoms with Gasteiger partial charge in [0.2, 0.25) is 0 Å². The summed E-state index contributed by atoms with van der Waals surface area (Å²) in [5, 5.41) is 19.3. The number of rotatable bonds is 3. The van der Waals surface area contributed by atoms with E-state index in [0.29, 0.717) is 0 Å². The first-order chi connectivity index (χ1) is 7.43. The lowest BCUT2D eigenvalue weighted by molar-refractivity contribution is -0.161. The van der Waals surface area contributed by atoms with Crippen LogP contribution in [-0.4, -0.2) is 30.4 Å². The molecule has 0 radical (unpaired) electrons. The standard InChI is InChI=1S/C11H14O5/c1-11(14,10(13)16-3)7-4-5-8(12)9(6-7)15-2/h4-6,12,14H,1-3H3. The highest BCUT2D eigenvalue weighted by atomic mass is 16.5. The zero-order valence-corrected chi connectivity index (χ0v) is 9.35. The molecule has 0 fully saturated rings. The molecular weight excluding hydrogens is 212 g/mol. The van der Waals surface area contributed by atoms with E-state index < -0.39 is 11.6 Å². The van der Waals surface area contributed by atoms with E-state index in [0.717, 1.165) is 0 Å². The number of hydrogen-bond donors (Lipinski definition) is 2. The predicted octanol–water partition coefficient (Wildman–Crippen LogP) is 0.781. The third-order valence-electron chi connectivity index (χ3n) is 2.32. The molecule has 1 rings (SSSR count). The molecule has 5 heteroatoms. The fraction of sp³-hybridized carbons (Fsp3) is 0.364. The topological polar surface area (TPSA) is 76.0 Å². The molecule has 88 valence electrons. The van der Waals surface area contributed by atoms with E-state index >= 15 is 0 Å². The summed E-state index contributed by atoms with van der Waals surface area (Å²) in [6.45, 7) is 1.31. The fourth-order valence-electron chi connectivity index (χ4n) is 1.30. The van der Waals surface area contributed by atoms with Crippen LogP contribution in [0.5, 0.6) is 11.5 Å². The molecule has 0 aliphatic heterocycles. The minimum absolute atomic E-state index is 0.0630. The van der Waals surface area contributed by atoms with Gasteiger partial charge in [0.25, 0.3) is 0 Å². The normalized spacial score (nSPS) is 14.0. The quantitative estimate of drug-likeness (QED) is 0.745. The smallest absolute Gasteiger partial charge is 0.342 e. The van der Waals surface area contributed by atoms with Crippen molar-refractivity contribution in [3.05, 3.63) is 23.8 Å². The second kappa shape index (κ2) is 4.40. The molecule has 1 atom stereocenters. The van der Waals surface area contributed by atoms with Gasteiger partial charge in [0.1, 0.15) is 0 Å². The summed E-state index contributed by atoms with van der Waals surface area (Å²) >= 11 is 0. The number of phenolic OH excluding ortho intramolecular Hbond substituents is 1. The van der Waals surface area contributed by atoms with E-state index in [9.17, 15) is 15.0 Å². The van der Waals surface area contributed by atoms with Crippen molar-refractivity contribution in [3.8, 4) is 11.5 Å². The average Bonchev–Trinajstić information content (AvgIpc) is 2.28. The van der Waals surface area contributed by atoms with Gasteiger partial charge in [-0.2, -0.15) is 0 Å². The van der Waals surface area contributed by atoms with Gasteiger partial charge >= 0.3 is 5.97 Å². The number of ether oxygens (including phenoxy) is 2. The van der Waals surface area contributed by atoms with E-state index in [-0.39, 0.29) is 17.1 Å². The van der Waals surface area contributed by atoms with Crippen molar-refractivity contribution < 1.29 is 24.5 Å². The number of esters is 1. The number of hydrogen-bond acceptors (Lipinski definition) is 5. The number of aromatic hydroxyl groups is 1. The Morgan fingerprint density at radius 3 is 2.50 bits per heavy atom. The molecule has 1 aromatic carbocycles. The highest BCUT2D eigenvalue weighted by Gasteiger charge is 2.34. The van der Waals surface area contributed by atoms with Crippen LogP contribution in [0.4, 0.5) is 0 Å². The second-order valence-electron chi connectivity index (χ2n) is 3.45. The summed E-state index contributed by atoms with van der Waals surface area (Å²) in [5.41, 5.74) is -1.48. The van der Waals surface area contributed by atoms with Gasteiger partial charge in [-0.25, -0.2) is 4.79 Å². The second-order valence-corrected chi connectivity index (χ2v) is 3.45. The number of phenols is 1. The van der Waals surface area contributed by atoms with Gasteiger partial charge in [0.05, 0.1) is 14.2 Å². The Balaban J connectivity index is 3.18. The molecule has 2 N–H and O–H groups in total. The first-order valence-corrected chi connectivity index (χ1v) is 4.61. The summed E-state index contributed by atoms with van der Waals surface area (Å²) in [5.74, 6) is -0.658. The van der Waals surface area contributed by atoms with Crippen LogP contribution in [0.2, 0.25) is 0 Å². The lowest BCUT2D eigenvalue weighted by Gasteiger charge is -2.21. The maximum atomic E-state index is 11.3. The van der Waals surface area contributed by atoms with Gasteiger partial charge in [-0.1, -0.05) is 6.07 Å². The fourth-order valence-corrected chi connectivity index (χ4v) is 1.30. The molecule has 0 aliphatic rings. The third-order valence-corrected chi connectivity index (χ3v) is 2.32. The molecule has 0 aliphatic carbocycles. The molecule has 16 heavy (non-hydrogen) atoms. The minimum Gasteiger partial charge on any atom is -0.504 e. The summed E-state index contributed by atoms with van der Waals surface area (Å²) in [6.07, 6.45) is 0. The first kappa shape index (κ1) is 12.3. The molecule has 0 saturated carbocycles. The van der Waals surface area contributed by atoms with Gasteiger partial charge < -0.3 is 19.7 Å². The van der Waals surface area contributed by atoms with Crippen LogP contribution >= 0.6 is 0 Å². The predicted molar refractivity (Wildman–Crippen MR) is 56.2 cm³/mol.